The Labute approximate surface area is 111 Å². The first-order valence-electron chi connectivity index (χ1n) is 6.70. The first-order chi connectivity index (χ1) is 9.24. The summed E-state index contributed by atoms with van der Waals surface area (Å²) in [7, 11) is 0. The van der Waals surface area contributed by atoms with Crippen LogP contribution in [-0.2, 0) is 4.79 Å². The van der Waals surface area contributed by atoms with Crippen LogP contribution >= 0.6 is 0 Å². The predicted octanol–water partition coefficient (Wildman–Crippen LogP) is 3.12. The number of carbonyl (C=O) groups is 1. The molecule has 1 aliphatic heterocycles. The van der Waals surface area contributed by atoms with E-state index in [4.69, 9.17) is 9.52 Å². The summed E-state index contributed by atoms with van der Waals surface area (Å²) in [6.45, 7) is 1.61. The molecule has 0 spiro atoms. The SMILES string of the molecule is O=C(O)C1CCCN(c2cc3ccccc3o2)CC1. The van der Waals surface area contributed by atoms with Crippen molar-refractivity contribution in [3.63, 3.8) is 0 Å². The first kappa shape index (κ1) is 12.1. The summed E-state index contributed by atoms with van der Waals surface area (Å²) in [4.78, 5) is 13.2. The third-order valence-electron chi connectivity index (χ3n) is 3.80. The Morgan fingerprint density at radius 2 is 2.11 bits per heavy atom. The van der Waals surface area contributed by atoms with E-state index >= 15 is 0 Å². The summed E-state index contributed by atoms with van der Waals surface area (Å²) < 4.78 is 5.84. The van der Waals surface area contributed by atoms with E-state index in [-0.39, 0.29) is 5.92 Å². The second kappa shape index (κ2) is 4.96. The standard InChI is InChI=1S/C15H17NO3/c17-15(18)11-5-3-8-16(9-7-11)14-10-12-4-1-2-6-13(12)19-14/h1-2,4,6,10-11H,3,5,7-9H2,(H,17,18). The number of anilines is 1. The van der Waals surface area contributed by atoms with Gasteiger partial charge in [0, 0.05) is 24.5 Å². The van der Waals surface area contributed by atoms with Crippen LogP contribution in [0.15, 0.2) is 34.7 Å². The van der Waals surface area contributed by atoms with Crippen molar-refractivity contribution in [2.75, 3.05) is 18.0 Å². The topological polar surface area (TPSA) is 53.7 Å². The zero-order valence-electron chi connectivity index (χ0n) is 10.7. The minimum Gasteiger partial charge on any atom is -0.481 e. The summed E-state index contributed by atoms with van der Waals surface area (Å²) in [5.74, 6) is -0.0342. The minimum atomic E-state index is -0.675. The van der Waals surface area contributed by atoms with E-state index in [1.807, 2.05) is 30.3 Å². The Balaban J connectivity index is 1.80. The molecular weight excluding hydrogens is 242 g/mol. The molecule has 1 aliphatic rings. The highest BCUT2D eigenvalue weighted by Crippen LogP contribution is 2.28. The Bertz CT molecular complexity index is 557. The van der Waals surface area contributed by atoms with Crippen LogP contribution in [-0.4, -0.2) is 24.2 Å². The van der Waals surface area contributed by atoms with E-state index in [9.17, 15) is 4.79 Å². The number of para-hydroxylation sites is 1. The van der Waals surface area contributed by atoms with Crippen molar-refractivity contribution in [1.82, 2.24) is 0 Å². The molecule has 1 aromatic carbocycles. The number of rotatable bonds is 2. The molecule has 0 amide bonds. The third kappa shape index (κ3) is 2.43. The minimum absolute atomic E-state index is 0.214. The van der Waals surface area contributed by atoms with E-state index in [1.54, 1.807) is 0 Å². The lowest BCUT2D eigenvalue weighted by Gasteiger charge is -2.18. The molecule has 0 bridgehead atoms. The van der Waals surface area contributed by atoms with Crippen molar-refractivity contribution >= 4 is 22.8 Å². The van der Waals surface area contributed by atoms with E-state index < -0.39 is 5.97 Å². The van der Waals surface area contributed by atoms with Crippen LogP contribution in [0.4, 0.5) is 5.88 Å². The normalized spacial score (nSPS) is 20.4. The highest BCUT2D eigenvalue weighted by atomic mass is 16.4. The van der Waals surface area contributed by atoms with Gasteiger partial charge in [-0.05, 0) is 25.3 Å². The molecule has 1 saturated heterocycles. The van der Waals surface area contributed by atoms with Gasteiger partial charge < -0.3 is 14.4 Å². The Morgan fingerprint density at radius 3 is 2.89 bits per heavy atom. The van der Waals surface area contributed by atoms with Crippen molar-refractivity contribution < 1.29 is 14.3 Å². The van der Waals surface area contributed by atoms with Gasteiger partial charge in [0.2, 0.25) is 0 Å². The average Bonchev–Trinajstić information content (AvgIpc) is 2.67. The summed E-state index contributed by atoms with van der Waals surface area (Å²) >= 11 is 0. The molecule has 0 aliphatic carbocycles. The van der Waals surface area contributed by atoms with Crippen LogP contribution in [0, 0.1) is 5.92 Å². The zero-order valence-corrected chi connectivity index (χ0v) is 10.7. The van der Waals surface area contributed by atoms with Crippen molar-refractivity contribution in [2.45, 2.75) is 19.3 Å². The molecule has 100 valence electrons. The quantitative estimate of drug-likeness (QED) is 0.900. The average molecular weight is 259 g/mol. The highest BCUT2D eigenvalue weighted by molar-refractivity contribution is 5.81. The molecular formula is C15H17NO3. The van der Waals surface area contributed by atoms with Gasteiger partial charge in [-0.2, -0.15) is 0 Å². The van der Waals surface area contributed by atoms with Gasteiger partial charge in [-0.25, -0.2) is 0 Å². The first-order valence-corrected chi connectivity index (χ1v) is 6.70. The number of carboxylic acid groups (broad SMARTS) is 1. The van der Waals surface area contributed by atoms with Crippen LogP contribution in [0.2, 0.25) is 0 Å². The van der Waals surface area contributed by atoms with Crippen molar-refractivity contribution in [2.24, 2.45) is 5.92 Å². The molecule has 4 heteroatoms. The van der Waals surface area contributed by atoms with Gasteiger partial charge in [-0.3, -0.25) is 4.79 Å². The molecule has 4 nitrogen and oxygen atoms in total. The number of benzene rings is 1. The van der Waals surface area contributed by atoms with Crippen LogP contribution in [0.3, 0.4) is 0 Å². The second-order valence-corrected chi connectivity index (χ2v) is 5.08. The Kier molecular flexibility index (Phi) is 3.15. The van der Waals surface area contributed by atoms with E-state index in [2.05, 4.69) is 4.90 Å². The van der Waals surface area contributed by atoms with Gasteiger partial charge in [0.1, 0.15) is 5.58 Å². The number of aliphatic carboxylic acids is 1. The van der Waals surface area contributed by atoms with Gasteiger partial charge in [0.15, 0.2) is 5.88 Å². The summed E-state index contributed by atoms with van der Waals surface area (Å²) in [6, 6.07) is 9.97. The monoisotopic (exact) mass is 259 g/mol. The molecule has 1 unspecified atom stereocenters. The fourth-order valence-corrected chi connectivity index (χ4v) is 2.69. The molecule has 1 aromatic heterocycles. The van der Waals surface area contributed by atoms with Crippen molar-refractivity contribution in [3.05, 3.63) is 30.3 Å². The summed E-state index contributed by atoms with van der Waals surface area (Å²) in [5.41, 5.74) is 0.886. The maximum atomic E-state index is 11.0. The van der Waals surface area contributed by atoms with Gasteiger partial charge in [0.25, 0.3) is 0 Å². The van der Waals surface area contributed by atoms with Gasteiger partial charge in [0.05, 0.1) is 5.92 Å². The van der Waals surface area contributed by atoms with Crippen LogP contribution in [0.25, 0.3) is 11.0 Å². The second-order valence-electron chi connectivity index (χ2n) is 5.08. The number of furan rings is 1. The fourth-order valence-electron chi connectivity index (χ4n) is 2.69. The number of hydrogen-bond donors (Lipinski definition) is 1. The van der Waals surface area contributed by atoms with Crippen molar-refractivity contribution in [3.8, 4) is 0 Å². The predicted molar refractivity (Wildman–Crippen MR) is 73.4 cm³/mol. The maximum absolute atomic E-state index is 11.0. The summed E-state index contributed by atoms with van der Waals surface area (Å²) in [6.07, 6.45) is 2.34. The largest absolute Gasteiger partial charge is 0.481 e. The smallest absolute Gasteiger partial charge is 0.306 e. The highest BCUT2D eigenvalue weighted by Gasteiger charge is 2.23. The molecule has 2 heterocycles. The van der Waals surface area contributed by atoms with E-state index in [0.29, 0.717) is 6.42 Å². The molecule has 0 saturated carbocycles. The zero-order chi connectivity index (χ0) is 13.2. The van der Waals surface area contributed by atoms with E-state index in [0.717, 1.165) is 42.8 Å². The lowest BCUT2D eigenvalue weighted by molar-refractivity contribution is -0.142. The number of carboxylic acids is 1. The van der Waals surface area contributed by atoms with Crippen LogP contribution < -0.4 is 4.90 Å². The molecule has 19 heavy (non-hydrogen) atoms. The molecule has 1 fully saturated rings. The van der Waals surface area contributed by atoms with Gasteiger partial charge >= 0.3 is 5.97 Å². The molecule has 1 N–H and O–H groups in total. The van der Waals surface area contributed by atoms with E-state index in [1.165, 1.54) is 0 Å². The van der Waals surface area contributed by atoms with Crippen molar-refractivity contribution in [1.29, 1.82) is 0 Å². The number of fused-ring (bicyclic) bond motifs is 1. The lowest BCUT2D eigenvalue weighted by atomic mass is 10.0. The van der Waals surface area contributed by atoms with Gasteiger partial charge in [-0.1, -0.05) is 18.2 Å². The fraction of sp³-hybridized carbons (Fsp3) is 0.400. The lowest BCUT2D eigenvalue weighted by Crippen LogP contribution is -2.24. The molecule has 0 radical (unpaired) electrons. The van der Waals surface area contributed by atoms with Crippen LogP contribution in [0.1, 0.15) is 19.3 Å². The molecule has 2 aromatic rings. The van der Waals surface area contributed by atoms with Crippen LogP contribution in [0.5, 0.6) is 0 Å². The van der Waals surface area contributed by atoms with Gasteiger partial charge in [-0.15, -0.1) is 0 Å². The number of nitrogens with zero attached hydrogens (tertiary/aromatic N) is 1. The molecule has 3 rings (SSSR count). The Morgan fingerprint density at radius 1 is 1.26 bits per heavy atom. The molecule has 1 atom stereocenters. The third-order valence-corrected chi connectivity index (χ3v) is 3.80. The maximum Gasteiger partial charge on any atom is 0.306 e. The number of hydrogen-bond acceptors (Lipinski definition) is 3. The Hall–Kier alpha value is -1.97. The summed E-state index contributed by atoms with van der Waals surface area (Å²) in [5, 5.41) is 10.2.